The summed E-state index contributed by atoms with van der Waals surface area (Å²) in [6.07, 6.45) is 3.89. The zero-order valence-corrected chi connectivity index (χ0v) is 13.6. The first kappa shape index (κ1) is 14.5. The molecule has 3 unspecified atom stereocenters. The number of fused-ring (bicyclic) bond motifs is 2. The Balaban J connectivity index is 1.45. The molecule has 0 aromatic heterocycles. The number of nitrogens with one attached hydrogen (secondary N) is 1. The molecule has 0 fully saturated rings. The quantitative estimate of drug-likeness (QED) is 0.906. The highest BCUT2D eigenvalue weighted by molar-refractivity contribution is 5.78. The van der Waals surface area contributed by atoms with Gasteiger partial charge in [-0.1, -0.05) is 55.5 Å². The van der Waals surface area contributed by atoms with E-state index in [0.29, 0.717) is 18.3 Å². The van der Waals surface area contributed by atoms with Gasteiger partial charge in [-0.25, -0.2) is 0 Å². The van der Waals surface area contributed by atoms with Gasteiger partial charge in [-0.15, -0.1) is 0 Å². The van der Waals surface area contributed by atoms with Crippen molar-refractivity contribution in [1.29, 1.82) is 0 Å². The zero-order valence-electron chi connectivity index (χ0n) is 13.6. The van der Waals surface area contributed by atoms with Crippen molar-refractivity contribution in [1.82, 2.24) is 5.32 Å². The van der Waals surface area contributed by atoms with Crippen LogP contribution >= 0.6 is 0 Å². The molecule has 0 saturated carbocycles. The summed E-state index contributed by atoms with van der Waals surface area (Å²) in [7, 11) is 0. The van der Waals surface area contributed by atoms with Crippen LogP contribution in [0.5, 0.6) is 0 Å². The monoisotopic (exact) mass is 305 g/mol. The molecule has 23 heavy (non-hydrogen) atoms. The van der Waals surface area contributed by atoms with Gasteiger partial charge in [0.05, 0.1) is 6.04 Å². The highest BCUT2D eigenvalue weighted by atomic mass is 16.1. The summed E-state index contributed by atoms with van der Waals surface area (Å²) >= 11 is 0. The van der Waals surface area contributed by atoms with E-state index in [4.69, 9.17) is 0 Å². The van der Waals surface area contributed by atoms with Crippen molar-refractivity contribution in [3.63, 3.8) is 0 Å². The van der Waals surface area contributed by atoms with Crippen molar-refractivity contribution in [2.75, 3.05) is 0 Å². The molecule has 0 radical (unpaired) electrons. The summed E-state index contributed by atoms with van der Waals surface area (Å²) in [6.45, 7) is 2.23. The molecule has 0 saturated heterocycles. The Morgan fingerprint density at radius 3 is 2.57 bits per heavy atom. The van der Waals surface area contributed by atoms with Gasteiger partial charge in [-0.05, 0) is 53.4 Å². The number of benzene rings is 2. The van der Waals surface area contributed by atoms with Gasteiger partial charge >= 0.3 is 0 Å². The number of amides is 1. The largest absolute Gasteiger partial charge is 0.349 e. The minimum atomic E-state index is 0.176. The fraction of sp³-hybridized carbons (Fsp3) is 0.381. The first-order chi connectivity index (χ1) is 11.2. The van der Waals surface area contributed by atoms with E-state index in [0.717, 1.165) is 19.3 Å². The lowest BCUT2D eigenvalue weighted by Gasteiger charge is -2.20. The van der Waals surface area contributed by atoms with Crippen LogP contribution in [0.2, 0.25) is 0 Å². The van der Waals surface area contributed by atoms with E-state index in [2.05, 4.69) is 60.8 Å². The van der Waals surface area contributed by atoms with Crippen molar-refractivity contribution in [2.45, 2.75) is 44.6 Å². The van der Waals surface area contributed by atoms with Crippen molar-refractivity contribution in [2.24, 2.45) is 5.92 Å². The van der Waals surface area contributed by atoms with Crippen LogP contribution in [0.15, 0.2) is 48.5 Å². The Bertz CT molecular complexity index is 736. The minimum Gasteiger partial charge on any atom is -0.349 e. The standard InChI is InChI=1S/C21H23NO/c1-14-12-16-7-3-5-9-19(16)21(14)22-20(23)13-17-11-10-15-6-2-4-8-18(15)17/h2-9,14,17,21H,10-13H2,1H3,(H,22,23). The maximum atomic E-state index is 12.6. The van der Waals surface area contributed by atoms with E-state index in [-0.39, 0.29) is 11.9 Å². The number of hydrogen-bond acceptors (Lipinski definition) is 1. The summed E-state index contributed by atoms with van der Waals surface area (Å²) in [5, 5.41) is 3.30. The Labute approximate surface area is 137 Å². The van der Waals surface area contributed by atoms with Crippen molar-refractivity contribution >= 4 is 5.91 Å². The second-order valence-electron chi connectivity index (χ2n) is 7.06. The average Bonchev–Trinajstić information content (AvgIpc) is 3.10. The third kappa shape index (κ3) is 2.67. The van der Waals surface area contributed by atoms with Crippen LogP contribution in [0.1, 0.15) is 54.0 Å². The molecule has 2 aromatic rings. The molecule has 2 aliphatic rings. The molecule has 3 atom stereocenters. The molecular weight excluding hydrogens is 282 g/mol. The molecule has 1 N–H and O–H groups in total. The topological polar surface area (TPSA) is 29.1 Å². The van der Waals surface area contributed by atoms with Crippen molar-refractivity contribution < 1.29 is 4.79 Å². The van der Waals surface area contributed by atoms with Gasteiger partial charge in [0.15, 0.2) is 0 Å². The molecule has 0 spiro atoms. The molecule has 0 bridgehead atoms. The van der Waals surface area contributed by atoms with Gasteiger partial charge in [0.1, 0.15) is 0 Å². The Morgan fingerprint density at radius 2 is 1.74 bits per heavy atom. The molecule has 0 aliphatic heterocycles. The van der Waals surface area contributed by atoms with E-state index < -0.39 is 0 Å². The van der Waals surface area contributed by atoms with Gasteiger partial charge in [-0.3, -0.25) is 4.79 Å². The number of hydrogen-bond donors (Lipinski definition) is 1. The van der Waals surface area contributed by atoms with Gasteiger partial charge in [-0.2, -0.15) is 0 Å². The average molecular weight is 305 g/mol. The van der Waals surface area contributed by atoms with Crippen LogP contribution in [0.3, 0.4) is 0 Å². The lowest BCUT2D eigenvalue weighted by molar-refractivity contribution is -0.122. The molecule has 2 nitrogen and oxygen atoms in total. The maximum Gasteiger partial charge on any atom is 0.221 e. The van der Waals surface area contributed by atoms with Crippen LogP contribution < -0.4 is 5.32 Å². The summed E-state index contributed by atoms with van der Waals surface area (Å²) in [6, 6.07) is 17.3. The van der Waals surface area contributed by atoms with E-state index >= 15 is 0 Å². The molecule has 2 aromatic carbocycles. The fourth-order valence-electron chi connectivity index (χ4n) is 4.33. The Kier molecular flexibility index (Phi) is 3.68. The zero-order chi connectivity index (χ0) is 15.8. The Hall–Kier alpha value is -2.09. The first-order valence-corrected chi connectivity index (χ1v) is 8.67. The first-order valence-electron chi connectivity index (χ1n) is 8.67. The van der Waals surface area contributed by atoms with E-state index in [1.807, 2.05) is 0 Å². The van der Waals surface area contributed by atoms with Crippen molar-refractivity contribution in [3.05, 3.63) is 70.8 Å². The molecule has 4 rings (SSSR count). The maximum absolute atomic E-state index is 12.6. The minimum absolute atomic E-state index is 0.176. The van der Waals surface area contributed by atoms with Crippen LogP contribution in [0, 0.1) is 5.92 Å². The fourth-order valence-corrected chi connectivity index (χ4v) is 4.33. The smallest absolute Gasteiger partial charge is 0.221 e. The number of carbonyl (C=O) groups excluding carboxylic acids is 1. The third-order valence-electron chi connectivity index (χ3n) is 5.51. The van der Waals surface area contributed by atoms with E-state index in [1.54, 1.807) is 0 Å². The van der Waals surface area contributed by atoms with E-state index in [1.165, 1.54) is 22.3 Å². The summed E-state index contributed by atoms with van der Waals surface area (Å²) in [5.74, 6) is 1.06. The lowest BCUT2D eigenvalue weighted by atomic mass is 9.96. The second kappa shape index (κ2) is 5.84. The van der Waals surface area contributed by atoms with Crippen molar-refractivity contribution in [3.8, 4) is 0 Å². The predicted molar refractivity (Wildman–Crippen MR) is 92.3 cm³/mol. The van der Waals surface area contributed by atoms with Gasteiger partial charge in [0.2, 0.25) is 5.91 Å². The second-order valence-corrected chi connectivity index (χ2v) is 7.06. The van der Waals surface area contributed by atoms with Crippen LogP contribution in [-0.2, 0) is 17.6 Å². The summed E-state index contributed by atoms with van der Waals surface area (Å²) in [4.78, 5) is 12.6. The highest BCUT2D eigenvalue weighted by Crippen LogP contribution is 2.37. The SMILES string of the molecule is CC1Cc2ccccc2C1NC(=O)CC1CCc2ccccc21. The van der Waals surface area contributed by atoms with Crippen LogP contribution in [0.4, 0.5) is 0 Å². The molecule has 2 aliphatic carbocycles. The Morgan fingerprint density at radius 1 is 1.04 bits per heavy atom. The molecule has 1 amide bonds. The van der Waals surface area contributed by atoms with Crippen LogP contribution in [0.25, 0.3) is 0 Å². The highest BCUT2D eigenvalue weighted by Gasteiger charge is 2.31. The van der Waals surface area contributed by atoms with Gasteiger partial charge in [0.25, 0.3) is 0 Å². The molecule has 0 heterocycles. The van der Waals surface area contributed by atoms with Gasteiger partial charge in [0, 0.05) is 6.42 Å². The molecule has 118 valence electrons. The third-order valence-corrected chi connectivity index (χ3v) is 5.51. The predicted octanol–water partition coefficient (Wildman–Crippen LogP) is 4.16. The number of rotatable bonds is 3. The van der Waals surface area contributed by atoms with E-state index in [9.17, 15) is 4.79 Å². The summed E-state index contributed by atoms with van der Waals surface area (Å²) < 4.78 is 0. The molecule has 2 heteroatoms. The number of carbonyl (C=O) groups is 1. The molecular formula is C21H23NO. The normalized spacial score (nSPS) is 25.0. The van der Waals surface area contributed by atoms with Gasteiger partial charge < -0.3 is 5.32 Å². The summed E-state index contributed by atoms with van der Waals surface area (Å²) in [5.41, 5.74) is 5.49. The van der Waals surface area contributed by atoms with Crippen LogP contribution in [-0.4, -0.2) is 5.91 Å². The number of aryl methyl sites for hydroxylation is 1. The lowest BCUT2D eigenvalue weighted by Crippen LogP contribution is -2.31.